The molecule has 0 N–H and O–H groups in total. The molecule has 1 aliphatic carbocycles. The first-order chi connectivity index (χ1) is 14.3. The van der Waals surface area contributed by atoms with E-state index in [0.717, 1.165) is 31.2 Å². The molecule has 0 atom stereocenters. The van der Waals surface area contributed by atoms with E-state index >= 15 is 0 Å². The molecular weight excluding hydrogens is 422 g/mol. The van der Waals surface area contributed by atoms with Gasteiger partial charge in [-0.05, 0) is 38.3 Å². The fourth-order valence-electron chi connectivity index (χ4n) is 4.78. The van der Waals surface area contributed by atoms with Crippen molar-refractivity contribution in [2.24, 2.45) is 0 Å². The molecule has 2 fully saturated rings. The maximum Gasteiger partial charge on any atom is 0.268 e. The van der Waals surface area contributed by atoms with E-state index in [4.69, 9.17) is 11.8 Å². The standard InChI is InChI=1S/C22H34ClN3O3S/c1-3-17-30(28,29)25-15-13-24(14-16-25)22(11-5-4-6-12-22)18-26(23)21(27)20-9-7-19(2)8-10-20/h7-10H,3-6,11-18H2,1-2H3. The van der Waals surface area contributed by atoms with Gasteiger partial charge in [0.2, 0.25) is 10.0 Å². The minimum atomic E-state index is -3.17. The Bertz CT molecular complexity index is 815. The van der Waals surface area contributed by atoms with Crippen LogP contribution in [-0.4, -0.2) is 72.0 Å². The topological polar surface area (TPSA) is 60.9 Å². The maximum absolute atomic E-state index is 12.9. The lowest BCUT2D eigenvalue weighted by Crippen LogP contribution is -2.62. The molecule has 2 aliphatic rings. The monoisotopic (exact) mass is 455 g/mol. The van der Waals surface area contributed by atoms with E-state index in [-0.39, 0.29) is 17.2 Å². The lowest BCUT2D eigenvalue weighted by atomic mass is 9.79. The van der Waals surface area contributed by atoms with E-state index in [1.807, 2.05) is 38.1 Å². The quantitative estimate of drug-likeness (QED) is 0.589. The zero-order chi connectivity index (χ0) is 21.8. The highest BCUT2D eigenvalue weighted by Gasteiger charge is 2.42. The third-order valence-corrected chi connectivity index (χ3v) is 8.85. The number of carbonyl (C=O) groups excluding carboxylic acids is 1. The van der Waals surface area contributed by atoms with Gasteiger partial charge in [0, 0.05) is 49.1 Å². The number of benzene rings is 1. The predicted octanol–water partition coefficient (Wildman–Crippen LogP) is 3.65. The number of piperazine rings is 1. The fraction of sp³-hybridized carbons (Fsp3) is 0.682. The number of aryl methyl sites for hydroxylation is 1. The Hall–Kier alpha value is -1.15. The van der Waals surface area contributed by atoms with Crippen molar-refractivity contribution in [1.29, 1.82) is 0 Å². The van der Waals surface area contributed by atoms with Crippen molar-refractivity contribution in [3.63, 3.8) is 0 Å². The average Bonchev–Trinajstić information content (AvgIpc) is 2.74. The molecule has 0 bridgehead atoms. The van der Waals surface area contributed by atoms with Crippen LogP contribution >= 0.6 is 11.8 Å². The van der Waals surface area contributed by atoms with Crippen LogP contribution in [0.1, 0.15) is 61.4 Å². The first kappa shape index (κ1) is 23.5. The van der Waals surface area contributed by atoms with Gasteiger partial charge in [0.1, 0.15) is 0 Å². The van der Waals surface area contributed by atoms with Gasteiger partial charge in [-0.2, -0.15) is 4.31 Å². The lowest BCUT2D eigenvalue weighted by molar-refractivity contribution is 0.0119. The van der Waals surface area contributed by atoms with Gasteiger partial charge in [0.05, 0.1) is 12.3 Å². The molecule has 1 saturated heterocycles. The average molecular weight is 456 g/mol. The van der Waals surface area contributed by atoms with E-state index in [1.165, 1.54) is 10.8 Å². The number of halogens is 1. The predicted molar refractivity (Wildman–Crippen MR) is 121 cm³/mol. The van der Waals surface area contributed by atoms with Gasteiger partial charge in [-0.25, -0.2) is 12.8 Å². The van der Waals surface area contributed by atoms with Crippen LogP contribution < -0.4 is 0 Å². The minimum Gasteiger partial charge on any atom is -0.293 e. The largest absolute Gasteiger partial charge is 0.293 e. The van der Waals surface area contributed by atoms with Crippen molar-refractivity contribution < 1.29 is 13.2 Å². The van der Waals surface area contributed by atoms with E-state index in [1.54, 1.807) is 4.31 Å². The molecule has 168 valence electrons. The number of rotatable bonds is 7. The Morgan fingerprint density at radius 3 is 2.23 bits per heavy atom. The van der Waals surface area contributed by atoms with Crippen LogP contribution in [0.4, 0.5) is 0 Å². The van der Waals surface area contributed by atoms with Crippen molar-refractivity contribution in [3.05, 3.63) is 35.4 Å². The van der Waals surface area contributed by atoms with Gasteiger partial charge >= 0.3 is 0 Å². The van der Waals surface area contributed by atoms with Crippen molar-refractivity contribution in [3.8, 4) is 0 Å². The van der Waals surface area contributed by atoms with Gasteiger partial charge in [-0.15, -0.1) is 0 Å². The summed E-state index contributed by atoms with van der Waals surface area (Å²) in [6, 6.07) is 7.48. The Balaban J connectivity index is 1.70. The van der Waals surface area contributed by atoms with E-state index in [0.29, 0.717) is 44.7 Å². The molecule has 0 spiro atoms. The lowest BCUT2D eigenvalue weighted by Gasteiger charge is -2.50. The minimum absolute atomic E-state index is 0.175. The SMILES string of the molecule is CCCS(=O)(=O)N1CCN(C2(CN(Cl)C(=O)c3ccc(C)cc3)CCCCC2)CC1. The van der Waals surface area contributed by atoms with Gasteiger partial charge < -0.3 is 0 Å². The summed E-state index contributed by atoms with van der Waals surface area (Å²) in [5.74, 6) is 0.0318. The normalized spacial score (nSPS) is 20.8. The Kier molecular flexibility index (Phi) is 7.82. The van der Waals surface area contributed by atoms with Crippen LogP contribution in [0.25, 0.3) is 0 Å². The molecule has 1 aromatic rings. The van der Waals surface area contributed by atoms with Gasteiger partial charge in [-0.1, -0.05) is 43.9 Å². The van der Waals surface area contributed by atoms with Gasteiger partial charge in [0.25, 0.3) is 5.91 Å². The zero-order valence-electron chi connectivity index (χ0n) is 18.1. The molecule has 1 amide bonds. The molecule has 0 radical (unpaired) electrons. The Morgan fingerprint density at radius 1 is 1.07 bits per heavy atom. The second-order valence-corrected chi connectivity index (χ2v) is 11.2. The van der Waals surface area contributed by atoms with Crippen LogP contribution in [-0.2, 0) is 10.0 Å². The highest BCUT2D eigenvalue weighted by atomic mass is 35.5. The van der Waals surface area contributed by atoms with Crippen molar-refractivity contribution in [1.82, 2.24) is 13.6 Å². The number of nitrogens with zero attached hydrogens (tertiary/aromatic N) is 3. The van der Waals surface area contributed by atoms with Crippen molar-refractivity contribution in [2.45, 2.75) is 57.9 Å². The second kappa shape index (κ2) is 9.98. The number of sulfonamides is 1. The zero-order valence-corrected chi connectivity index (χ0v) is 19.7. The van der Waals surface area contributed by atoms with E-state index in [2.05, 4.69) is 4.90 Å². The van der Waals surface area contributed by atoms with E-state index in [9.17, 15) is 13.2 Å². The molecule has 6 nitrogen and oxygen atoms in total. The summed E-state index contributed by atoms with van der Waals surface area (Å²) in [6.45, 7) is 6.74. The molecule has 1 aliphatic heterocycles. The fourth-order valence-corrected chi connectivity index (χ4v) is 6.59. The number of amides is 1. The van der Waals surface area contributed by atoms with Crippen molar-refractivity contribution in [2.75, 3.05) is 38.5 Å². The van der Waals surface area contributed by atoms with Crippen LogP contribution in [0, 0.1) is 6.92 Å². The summed E-state index contributed by atoms with van der Waals surface area (Å²) in [4.78, 5) is 15.3. The molecule has 1 aromatic carbocycles. The van der Waals surface area contributed by atoms with Crippen LogP contribution in [0.15, 0.2) is 24.3 Å². The summed E-state index contributed by atoms with van der Waals surface area (Å²) in [6.07, 6.45) is 6.02. The summed E-state index contributed by atoms with van der Waals surface area (Å²) >= 11 is 6.54. The summed E-state index contributed by atoms with van der Waals surface area (Å²) < 4.78 is 27.8. The first-order valence-corrected chi connectivity index (χ1v) is 13.0. The van der Waals surface area contributed by atoms with Gasteiger partial charge in [0.15, 0.2) is 0 Å². The van der Waals surface area contributed by atoms with Crippen molar-refractivity contribution >= 4 is 27.7 Å². The highest BCUT2D eigenvalue weighted by Crippen LogP contribution is 2.36. The molecular formula is C22H34ClN3O3S. The highest BCUT2D eigenvalue weighted by molar-refractivity contribution is 7.89. The summed E-state index contributed by atoms with van der Waals surface area (Å²) in [7, 11) is -3.17. The third-order valence-electron chi connectivity index (χ3n) is 6.50. The van der Waals surface area contributed by atoms with Crippen LogP contribution in [0.5, 0.6) is 0 Å². The molecule has 30 heavy (non-hydrogen) atoms. The summed E-state index contributed by atoms with van der Waals surface area (Å²) in [5, 5.41) is 0. The number of carbonyl (C=O) groups is 1. The van der Waals surface area contributed by atoms with Crippen LogP contribution in [0.3, 0.4) is 0 Å². The molecule has 0 aromatic heterocycles. The van der Waals surface area contributed by atoms with E-state index < -0.39 is 10.0 Å². The molecule has 3 rings (SSSR count). The number of hydrogen-bond acceptors (Lipinski definition) is 4. The third kappa shape index (κ3) is 5.36. The Labute approximate surface area is 186 Å². The molecule has 8 heteroatoms. The smallest absolute Gasteiger partial charge is 0.268 e. The second-order valence-electron chi connectivity index (χ2n) is 8.68. The molecule has 0 unspecified atom stereocenters. The summed E-state index contributed by atoms with van der Waals surface area (Å²) in [5.41, 5.74) is 1.52. The molecule has 1 saturated carbocycles. The number of hydrogen-bond donors (Lipinski definition) is 0. The Morgan fingerprint density at radius 2 is 1.67 bits per heavy atom. The van der Waals surface area contributed by atoms with Gasteiger partial charge in [-0.3, -0.25) is 9.69 Å². The maximum atomic E-state index is 12.9. The first-order valence-electron chi connectivity index (χ1n) is 11.0. The van der Waals surface area contributed by atoms with Crippen LogP contribution in [0.2, 0.25) is 0 Å². The molecule has 1 heterocycles.